The number of halogens is 1. The number of anilines is 2. The fourth-order valence-electron chi connectivity index (χ4n) is 1.33. The Kier molecular flexibility index (Phi) is 1.59. The normalized spacial score (nSPS) is 10.5. The van der Waals surface area contributed by atoms with E-state index in [-0.39, 0.29) is 5.82 Å². The Labute approximate surface area is 75.0 Å². The molecule has 0 aromatic heterocycles. The molecule has 0 heterocycles. The average Bonchev–Trinajstić information content (AvgIpc) is 2.12. The van der Waals surface area contributed by atoms with Crippen molar-refractivity contribution >= 4 is 22.1 Å². The highest BCUT2D eigenvalue weighted by Crippen LogP contribution is 2.26. The van der Waals surface area contributed by atoms with Crippen LogP contribution in [-0.2, 0) is 0 Å². The highest BCUT2D eigenvalue weighted by Gasteiger charge is 2.02. The van der Waals surface area contributed by atoms with Crippen LogP contribution in [0, 0.1) is 5.82 Å². The number of nitrogens with two attached hydrogens (primary N) is 2. The quantitative estimate of drug-likeness (QED) is 0.604. The zero-order valence-electron chi connectivity index (χ0n) is 6.92. The molecule has 2 aromatic carbocycles. The van der Waals surface area contributed by atoms with Gasteiger partial charge in [-0.1, -0.05) is 12.1 Å². The van der Waals surface area contributed by atoms with Crippen molar-refractivity contribution in [1.82, 2.24) is 0 Å². The molecule has 0 bridgehead atoms. The van der Waals surface area contributed by atoms with Crippen molar-refractivity contribution in [3.63, 3.8) is 0 Å². The van der Waals surface area contributed by atoms with Gasteiger partial charge < -0.3 is 11.5 Å². The largest absolute Gasteiger partial charge is 0.397 e. The summed E-state index contributed by atoms with van der Waals surface area (Å²) in [6.07, 6.45) is 0. The highest BCUT2D eigenvalue weighted by molar-refractivity contribution is 5.98. The molecule has 0 radical (unpaired) electrons. The molecule has 0 aliphatic heterocycles. The van der Waals surface area contributed by atoms with Crippen molar-refractivity contribution < 1.29 is 4.39 Å². The number of fused-ring (bicyclic) bond motifs is 1. The van der Waals surface area contributed by atoms with Gasteiger partial charge in [-0.15, -0.1) is 0 Å². The van der Waals surface area contributed by atoms with Gasteiger partial charge in [0.1, 0.15) is 5.82 Å². The molecule has 0 amide bonds. The van der Waals surface area contributed by atoms with E-state index in [9.17, 15) is 4.39 Å². The molecular weight excluding hydrogens is 167 g/mol. The lowest BCUT2D eigenvalue weighted by Gasteiger charge is -2.04. The van der Waals surface area contributed by atoms with Gasteiger partial charge in [-0.2, -0.15) is 0 Å². The molecule has 0 spiro atoms. The lowest BCUT2D eigenvalue weighted by Crippen LogP contribution is -1.95. The number of benzene rings is 2. The van der Waals surface area contributed by atoms with Crippen LogP contribution in [0.2, 0.25) is 0 Å². The van der Waals surface area contributed by atoms with E-state index >= 15 is 0 Å². The fraction of sp³-hybridized carbons (Fsp3) is 0. The first-order chi connectivity index (χ1) is 6.18. The van der Waals surface area contributed by atoms with E-state index in [4.69, 9.17) is 11.5 Å². The Morgan fingerprint density at radius 2 is 1.69 bits per heavy atom. The molecule has 0 aliphatic carbocycles. The molecule has 66 valence electrons. The van der Waals surface area contributed by atoms with Crippen LogP contribution in [0.1, 0.15) is 0 Å². The van der Waals surface area contributed by atoms with Crippen LogP contribution in [-0.4, -0.2) is 0 Å². The molecule has 0 atom stereocenters. The summed E-state index contributed by atoms with van der Waals surface area (Å²) < 4.78 is 12.9. The van der Waals surface area contributed by atoms with Gasteiger partial charge in [-0.05, 0) is 23.6 Å². The van der Waals surface area contributed by atoms with Crippen molar-refractivity contribution in [3.8, 4) is 0 Å². The fourth-order valence-corrected chi connectivity index (χ4v) is 1.33. The summed E-state index contributed by atoms with van der Waals surface area (Å²) >= 11 is 0. The molecule has 2 nitrogen and oxygen atoms in total. The first-order valence-electron chi connectivity index (χ1n) is 3.92. The van der Waals surface area contributed by atoms with E-state index in [1.807, 2.05) is 6.07 Å². The maximum Gasteiger partial charge on any atom is 0.123 e. The van der Waals surface area contributed by atoms with Gasteiger partial charge in [0.15, 0.2) is 0 Å². The van der Waals surface area contributed by atoms with Crippen molar-refractivity contribution in [2.24, 2.45) is 0 Å². The lowest BCUT2D eigenvalue weighted by atomic mass is 10.1. The van der Waals surface area contributed by atoms with Crippen molar-refractivity contribution in [2.45, 2.75) is 0 Å². The molecule has 0 unspecified atom stereocenters. The summed E-state index contributed by atoms with van der Waals surface area (Å²) in [4.78, 5) is 0. The molecular formula is C10H9FN2. The van der Waals surface area contributed by atoms with E-state index < -0.39 is 0 Å². The Morgan fingerprint density at radius 1 is 1.00 bits per heavy atom. The third-order valence-electron chi connectivity index (χ3n) is 2.06. The summed E-state index contributed by atoms with van der Waals surface area (Å²) in [5, 5.41) is 1.56. The van der Waals surface area contributed by atoms with Crippen LogP contribution in [0.3, 0.4) is 0 Å². The zero-order chi connectivity index (χ0) is 9.42. The SMILES string of the molecule is Nc1ccc2ccc(F)cc2c1N. The van der Waals surface area contributed by atoms with Gasteiger partial charge in [0, 0.05) is 5.39 Å². The standard InChI is InChI=1S/C10H9FN2/c11-7-3-1-6-2-4-9(12)10(13)8(6)5-7/h1-5H,12-13H2. The number of rotatable bonds is 0. The molecule has 13 heavy (non-hydrogen) atoms. The molecule has 0 fully saturated rings. The van der Waals surface area contributed by atoms with E-state index in [0.717, 1.165) is 5.39 Å². The van der Waals surface area contributed by atoms with Crippen molar-refractivity contribution in [2.75, 3.05) is 11.5 Å². The minimum atomic E-state index is -0.301. The molecule has 2 aromatic rings. The topological polar surface area (TPSA) is 52.0 Å². The van der Waals surface area contributed by atoms with Gasteiger partial charge in [-0.3, -0.25) is 0 Å². The van der Waals surface area contributed by atoms with Crippen molar-refractivity contribution in [3.05, 3.63) is 36.1 Å². The highest BCUT2D eigenvalue weighted by atomic mass is 19.1. The van der Waals surface area contributed by atoms with E-state index in [2.05, 4.69) is 0 Å². The van der Waals surface area contributed by atoms with Gasteiger partial charge in [0.2, 0.25) is 0 Å². The minimum Gasteiger partial charge on any atom is -0.397 e. The monoisotopic (exact) mass is 176 g/mol. The zero-order valence-corrected chi connectivity index (χ0v) is 6.92. The van der Waals surface area contributed by atoms with Crippen LogP contribution >= 0.6 is 0 Å². The maximum absolute atomic E-state index is 12.9. The Balaban J connectivity index is 2.89. The second-order valence-corrected chi connectivity index (χ2v) is 2.93. The summed E-state index contributed by atoms with van der Waals surface area (Å²) in [5.74, 6) is -0.301. The molecule has 0 saturated carbocycles. The van der Waals surface area contributed by atoms with Crippen LogP contribution in [0.25, 0.3) is 10.8 Å². The molecule has 0 aliphatic rings. The molecule has 2 rings (SSSR count). The second kappa shape index (κ2) is 2.62. The second-order valence-electron chi connectivity index (χ2n) is 2.93. The average molecular weight is 176 g/mol. The minimum absolute atomic E-state index is 0.301. The van der Waals surface area contributed by atoms with E-state index in [0.29, 0.717) is 16.8 Å². The van der Waals surface area contributed by atoms with Gasteiger partial charge in [-0.25, -0.2) is 4.39 Å². The molecule has 4 N–H and O–H groups in total. The van der Waals surface area contributed by atoms with E-state index in [1.165, 1.54) is 12.1 Å². The van der Waals surface area contributed by atoms with Gasteiger partial charge in [0.25, 0.3) is 0 Å². The van der Waals surface area contributed by atoms with Gasteiger partial charge >= 0.3 is 0 Å². The third-order valence-corrected chi connectivity index (χ3v) is 2.06. The predicted molar refractivity (Wildman–Crippen MR) is 52.7 cm³/mol. The first-order valence-corrected chi connectivity index (χ1v) is 3.92. The number of nitrogen functional groups attached to an aromatic ring is 2. The predicted octanol–water partition coefficient (Wildman–Crippen LogP) is 2.14. The Bertz CT molecular complexity index is 460. The van der Waals surface area contributed by atoms with Crippen LogP contribution in [0.4, 0.5) is 15.8 Å². The lowest BCUT2D eigenvalue weighted by molar-refractivity contribution is 0.630. The van der Waals surface area contributed by atoms with Crippen LogP contribution in [0.5, 0.6) is 0 Å². The van der Waals surface area contributed by atoms with Crippen molar-refractivity contribution in [1.29, 1.82) is 0 Å². The summed E-state index contributed by atoms with van der Waals surface area (Å²) in [5.41, 5.74) is 12.2. The maximum atomic E-state index is 12.9. The van der Waals surface area contributed by atoms with Gasteiger partial charge in [0.05, 0.1) is 11.4 Å². The summed E-state index contributed by atoms with van der Waals surface area (Å²) in [7, 11) is 0. The first kappa shape index (κ1) is 7.86. The third kappa shape index (κ3) is 1.18. The molecule has 0 saturated heterocycles. The summed E-state index contributed by atoms with van der Waals surface area (Å²) in [6, 6.07) is 8.01. The Hall–Kier alpha value is -1.77. The van der Waals surface area contributed by atoms with Crippen LogP contribution in [0.15, 0.2) is 30.3 Å². The smallest absolute Gasteiger partial charge is 0.123 e. The molecule has 3 heteroatoms. The summed E-state index contributed by atoms with van der Waals surface area (Å²) in [6.45, 7) is 0. The number of hydrogen-bond donors (Lipinski definition) is 2. The van der Waals surface area contributed by atoms with E-state index in [1.54, 1.807) is 12.1 Å². The Morgan fingerprint density at radius 3 is 2.46 bits per heavy atom. The van der Waals surface area contributed by atoms with Crippen LogP contribution < -0.4 is 11.5 Å². The number of hydrogen-bond acceptors (Lipinski definition) is 2.